The molecule has 11 aromatic rings. The summed E-state index contributed by atoms with van der Waals surface area (Å²) in [6.07, 6.45) is 4.79. The van der Waals surface area contributed by atoms with Crippen molar-refractivity contribution in [1.82, 2.24) is 0 Å². The number of aryl methyl sites for hydroxylation is 1. The number of anilines is 8. The van der Waals surface area contributed by atoms with Gasteiger partial charge in [-0.2, -0.15) is 0 Å². The lowest BCUT2D eigenvalue weighted by atomic mass is 9.33. The normalized spacial score (nSPS) is 19.0. The van der Waals surface area contributed by atoms with E-state index in [0.29, 0.717) is 0 Å². The predicted molar refractivity (Wildman–Crippen MR) is 288 cm³/mol. The Labute approximate surface area is 401 Å². The van der Waals surface area contributed by atoms with E-state index in [9.17, 15) is 0 Å². The Hall–Kier alpha value is -7.96. The average Bonchev–Trinajstić information content (AvgIpc) is 4.03. The van der Waals surface area contributed by atoms with Gasteiger partial charge in [0.2, 0.25) is 0 Å². The molecule has 1 fully saturated rings. The summed E-state index contributed by atoms with van der Waals surface area (Å²) in [6, 6.07) is 69.6. The van der Waals surface area contributed by atoms with E-state index in [4.69, 9.17) is 8.83 Å². The summed E-state index contributed by atoms with van der Waals surface area (Å²) in [6.45, 7) is 7.25. The van der Waals surface area contributed by atoms with E-state index in [1.54, 1.807) is 0 Å². The summed E-state index contributed by atoms with van der Waals surface area (Å²) in [5.41, 5.74) is 21.7. The maximum Gasteiger partial charge on any atom is 0.252 e. The highest BCUT2D eigenvalue weighted by atomic mass is 16.3. The van der Waals surface area contributed by atoms with Gasteiger partial charge in [0.15, 0.2) is 5.58 Å². The molecule has 2 aromatic heterocycles. The molecule has 0 spiro atoms. The minimum Gasteiger partial charge on any atom is -0.456 e. The summed E-state index contributed by atoms with van der Waals surface area (Å²) in [5.74, 6) is 0. The van der Waals surface area contributed by atoms with Crippen LogP contribution < -0.4 is 31.1 Å². The summed E-state index contributed by atoms with van der Waals surface area (Å²) < 4.78 is 13.6. The zero-order valence-corrected chi connectivity index (χ0v) is 39.0. The number of nitrogens with zero attached hydrogens (tertiary/aromatic N) is 3. The summed E-state index contributed by atoms with van der Waals surface area (Å²) in [5, 5.41) is 4.45. The highest BCUT2D eigenvalue weighted by molar-refractivity contribution is 7.00. The second kappa shape index (κ2) is 14.1. The summed E-state index contributed by atoms with van der Waals surface area (Å²) in [4.78, 5) is 7.81. The van der Waals surface area contributed by atoms with Gasteiger partial charge in [0.1, 0.15) is 16.7 Å². The molecular weight excluding hydrogens is 842 g/mol. The minimum atomic E-state index is -0.0901. The third-order valence-corrected chi connectivity index (χ3v) is 16.8. The molecule has 15 rings (SSSR count). The Balaban J connectivity index is 1.05. The first-order valence-corrected chi connectivity index (χ1v) is 24.7. The quantitative estimate of drug-likeness (QED) is 0.165. The van der Waals surface area contributed by atoms with Crippen molar-refractivity contribution in [3.63, 3.8) is 0 Å². The molecule has 3 aliphatic heterocycles. The maximum absolute atomic E-state index is 6.98. The molecule has 4 aliphatic rings. The van der Waals surface area contributed by atoms with Gasteiger partial charge in [-0.3, -0.25) is 0 Å². The molecule has 0 bridgehead atoms. The monoisotopic (exact) mass is 889 g/mol. The second-order valence-electron chi connectivity index (χ2n) is 20.4. The standard InChI is InChI=1S/C63H48BN3O2/c1-39-35-54-60-55(36-39)66(51-25-15-21-44-43-19-7-11-26-56(43)69-61(44)51)53-38-42(67-49-23-10-9-22-46(49)62(2)33-13-14-34-63(62,67)3)30-32-48(53)64(60)47-31-29-41(40-17-5-4-6-18-40)37-52(47)65(54)50-24-16-28-58-59(50)45-20-8-12-27-57(45)68-58/h4-12,15-32,35-38H,13-14,33-34H2,1-3H3. The van der Waals surface area contributed by atoms with Crippen LogP contribution in [0.15, 0.2) is 197 Å². The number of rotatable bonds is 4. The second-order valence-corrected chi connectivity index (χ2v) is 20.4. The Bertz CT molecular complexity index is 3960. The summed E-state index contributed by atoms with van der Waals surface area (Å²) >= 11 is 0. The first kappa shape index (κ1) is 39.1. The Kier molecular flexibility index (Phi) is 7.96. The fourth-order valence-electron chi connectivity index (χ4n) is 13.5. The third-order valence-electron chi connectivity index (χ3n) is 16.8. The highest BCUT2D eigenvalue weighted by Crippen LogP contribution is 2.61. The van der Waals surface area contributed by atoms with E-state index in [1.807, 2.05) is 0 Å². The Morgan fingerprint density at radius 3 is 1.93 bits per heavy atom. The highest BCUT2D eigenvalue weighted by Gasteiger charge is 2.58. The van der Waals surface area contributed by atoms with Gasteiger partial charge < -0.3 is 23.5 Å². The molecule has 9 aromatic carbocycles. The molecule has 2 atom stereocenters. The number of para-hydroxylation sites is 4. The molecule has 5 heterocycles. The number of hydrogen-bond donors (Lipinski definition) is 0. The average molecular weight is 890 g/mol. The Morgan fingerprint density at radius 1 is 0.464 bits per heavy atom. The van der Waals surface area contributed by atoms with Crippen LogP contribution in [0.25, 0.3) is 55.0 Å². The van der Waals surface area contributed by atoms with Gasteiger partial charge in [-0.05, 0) is 132 Å². The molecule has 2 unspecified atom stereocenters. The molecule has 0 N–H and O–H groups in total. The fraction of sp³-hybridized carbons (Fsp3) is 0.143. The molecule has 1 saturated carbocycles. The van der Waals surface area contributed by atoms with Crippen LogP contribution in [0.3, 0.4) is 0 Å². The summed E-state index contributed by atoms with van der Waals surface area (Å²) in [7, 11) is 0. The van der Waals surface area contributed by atoms with Crippen LogP contribution in [0.1, 0.15) is 50.7 Å². The van der Waals surface area contributed by atoms with Crippen LogP contribution in [-0.4, -0.2) is 12.3 Å². The largest absolute Gasteiger partial charge is 0.456 e. The van der Waals surface area contributed by atoms with E-state index in [-0.39, 0.29) is 17.7 Å². The van der Waals surface area contributed by atoms with Crippen molar-refractivity contribution in [2.45, 2.75) is 57.4 Å². The van der Waals surface area contributed by atoms with Gasteiger partial charge in [0.25, 0.3) is 6.71 Å². The van der Waals surface area contributed by atoms with Crippen LogP contribution in [0, 0.1) is 6.92 Å². The molecule has 69 heavy (non-hydrogen) atoms. The van der Waals surface area contributed by atoms with Crippen LogP contribution in [0.5, 0.6) is 0 Å². The van der Waals surface area contributed by atoms with E-state index in [1.165, 1.54) is 86.3 Å². The smallest absolute Gasteiger partial charge is 0.252 e. The molecule has 0 saturated heterocycles. The SMILES string of the molecule is Cc1cc2c3c(c1)N(c1cccc4oc5ccccc5c14)c1cc(-c4ccccc4)ccc1B3c1ccc(N3c4ccccc4C4(C)CCCCC34C)cc1N2c1cccc2c1oc1ccccc12. The maximum atomic E-state index is 6.98. The lowest BCUT2D eigenvalue weighted by Gasteiger charge is -2.50. The van der Waals surface area contributed by atoms with Crippen LogP contribution in [-0.2, 0) is 5.41 Å². The van der Waals surface area contributed by atoms with Crippen molar-refractivity contribution >= 4 is 112 Å². The van der Waals surface area contributed by atoms with Crippen molar-refractivity contribution in [1.29, 1.82) is 0 Å². The lowest BCUT2D eigenvalue weighted by Crippen LogP contribution is -2.61. The van der Waals surface area contributed by atoms with Crippen molar-refractivity contribution < 1.29 is 8.83 Å². The van der Waals surface area contributed by atoms with Gasteiger partial charge in [0.05, 0.1) is 22.3 Å². The number of fused-ring (bicyclic) bond motifs is 13. The van der Waals surface area contributed by atoms with E-state index < -0.39 is 0 Å². The minimum absolute atomic E-state index is 0.0291. The van der Waals surface area contributed by atoms with Crippen LogP contribution in [0.2, 0.25) is 0 Å². The first-order chi connectivity index (χ1) is 33.9. The van der Waals surface area contributed by atoms with Crippen molar-refractivity contribution in [3.05, 3.63) is 199 Å². The predicted octanol–water partition coefficient (Wildman–Crippen LogP) is 15.3. The first-order valence-electron chi connectivity index (χ1n) is 24.7. The zero-order valence-electron chi connectivity index (χ0n) is 39.0. The zero-order chi connectivity index (χ0) is 45.8. The van der Waals surface area contributed by atoms with Crippen molar-refractivity contribution in [3.8, 4) is 11.1 Å². The number of hydrogen-bond acceptors (Lipinski definition) is 5. The molecule has 1 aliphatic carbocycles. The molecule has 0 radical (unpaired) electrons. The molecule has 5 nitrogen and oxygen atoms in total. The van der Waals surface area contributed by atoms with Crippen LogP contribution >= 0.6 is 0 Å². The van der Waals surface area contributed by atoms with Gasteiger partial charge in [-0.15, -0.1) is 0 Å². The van der Waals surface area contributed by atoms with Crippen LogP contribution in [0.4, 0.5) is 45.5 Å². The van der Waals surface area contributed by atoms with Gasteiger partial charge in [-0.25, -0.2) is 0 Å². The van der Waals surface area contributed by atoms with Gasteiger partial charge >= 0.3 is 0 Å². The molecule has 0 amide bonds. The van der Waals surface area contributed by atoms with Crippen molar-refractivity contribution in [2.75, 3.05) is 14.7 Å². The Morgan fingerprint density at radius 2 is 1.09 bits per heavy atom. The fourth-order valence-corrected chi connectivity index (χ4v) is 13.5. The van der Waals surface area contributed by atoms with Gasteiger partial charge in [0, 0.05) is 55.7 Å². The topological polar surface area (TPSA) is 36.0 Å². The number of benzene rings is 9. The molecule has 6 heteroatoms. The van der Waals surface area contributed by atoms with E-state index in [0.717, 1.165) is 67.4 Å². The number of furan rings is 2. The van der Waals surface area contributed by atoms with E-state index >= 15 is 0 Å². The van der Waals surface area contributed by atoms with E-state index in [2.05, 4.69) is 224 Å². The third kappa shape index (κ3) is 5.21. The molecule has 330 valence electrons. The van der Waals surface area contributed by atoms with Crippen molar-refractivity contribution in [2.24, 2.45) is 0 Å². The molecular formula is C63H48BN3O2. The van der Waals surface area contributed by atoms with Gasteiger partial charge in [-0.1, -0.05) is 141 Å². The lowest BCUT2D eigenvalue weighted by molar-refractivity contribution is 0.195.